The van der Waals surface area contributed by atoms with E-state index in [4.69, 9.17) is 19.4 Å². The van der Waals surface area contributed by atoms with Crippen molar-refractivity contribution in [3.8, 4) is 17.0 Å². The maximum atomic E-state index is 12.0. The van der Waals surface area contributed by atoms with Crippen molar-refractivity contribution in [1.29, 1.82) is 0 Å². The number of amides is 2. The molecule has 1 aliphatic heterocycles. The normalized spacial score (nSPS) is 14.9. The van der Waals surface area contributed by atoms with Crippen LogP contribution in [0.5, 0.6) is 5.88 Å². The van der Waals surface area contributed by atoms with Crippen LogP contribution in [0.2, 0.25) is 0 Å². The molecule has 0 saturated carbocycles. The maximum absolute atomic E-state index is 12.0. The molecule has 4 aromatic rings. The topological polar surface area (TPSA) is 130 Å². The highest BCUT2D eigenvalue weighted by Gasteiger charge is 2.23. The highest BCUT2D eigenvalue weighted by Crippen LogP contribution is 2.36. The summed E-state index contributed by atoms with van der Waals surface area (Å²) in [5.74, 6) is 0.507. The third-order valence-electron chi connectivity index (χ3n) is 6.31. The highest BCUT2D eigenvalue weighted by molar-refractivity contribution is 5.99. The van der Waals surface area contributed by atoms with Crippen LogP contribution >= 0.6 is 0 Å². The quantitative estimate of drug-likeness (QED) is 0.305. The summed E-state index contributed by atoms with van der Waals surface area (Å²) >= 11 is 0. The number of hydrogen-bond acceptors (Lipinski definition) is 7. The molecule has 0 bridgehead atoms. The summed E-state index contributed by atoms with van der Waals surface area (Å²) < 4.78 is 11.8. The van der Waals surface area contributed by atoms with E-state index in [1.807, 2.05) is 37.4 Å². The lowest BCUT2D eigenvalue weighted by Gasteiger charge is -2.15. The van der Waals surface area contributed by atoms with Gasteiger partial charge < -0.3 is 30.4 Å². The van der Waals surface area contributed by atoms with Crippen LogP contribution in [0, 0.1) is 6.92 Å². The molecular formula is C27H28N6O4. The molecule has 0 radical (unpaired) electrons. The zero-order valence-electron chi connectivity index (χ0n) is 20.8. The number of anilines is 2. The lowest BCUT2D eigenvalue weighted by Crippen LogP contribution is -2.18. The fraction of sp³-hybridized carbons (Fsp3) is 0.259. The van der Waals surface area contributed by atoms with Gasteiger partial charge in [0.2, 0.25) is 11.8 Å². The van der Waals surface area contributed by atoms with Crippen LogP contribution in [0.25, 0.3) is 22.2 Å². The standard InChI is InChI=1S/C27H28N6O4/c1-15-12-18(25(35)29-3)8-9-21(15)31-27-32-23-22(26(33-27)37-19-10-11-36-14-19)20(13-30-23)16-4-6-17(7-5-16)24(34)28-2/h4-9,12-13,19H,10-11,14H2,1-3H3,(H,28,34)(H,29,35)(H2,30,31,32,33)/t19-/m0/s1. The van der Waals surface area contributed by atoms with Gasteiger partial charge in [0, 0.05) is 49.1 Å². The molecule has 2 aromatic carbocycles. The average Bonchev–Trinajstić information content (AvgIpc) is 3.59. The van der Waals surface area contributed by atoms with E-state index in [0.29, 0.717) is 41.8 Å². The smallest absolute Gasteiger partial charge is 0.251 e. The van der Waals surface area contributed by atoms with Gasteiger partial charge >= 0.3 is 0 Å². The van der Waals surface area contributed by atoms with Gasteiger partial charge in [-0.2, -0.15) is 9.97 Å². The molecule has 4 N–H and O–H groups in total. The number of nitrogens with zero attached hydrogens (tertiary/aromatic N) is 2. The Hall–Kier alpha value is -4.44. The third kappa shape index (κ3) is 4.96. The van der Waals surface area contributed by atoms with E-state index in [0.717, 1.165) is 34.2 Å². The molecule has 190 valence electrons. The predicted octanol–water partition coefficient (Wildman–Crippen LogP) is 3.56. The number of nitrogens with one attached hydrogen (secondary N) is 4. The summed E-state index contributed by atoms with van der Waals surface area (Å²) in [6.45, 7) is 3.05. The lowest BCUT2D eigenvalue weighted by atomic mass is 10.0. The number of aromatic nitrogens is 3. The monoisotopic (exact) mass is 500 g/mol. The first kappa shape index (κ1) is 24.3. The summed E-state index contributed by atoms with van der Waals surface area (Å²) in [7, 11) is 3.21. The van der Waals surface area contributed by atoms with Gasteiger partial charge in [-0.1, -0.05) is 12.1 Å². The number of carbonyl (C=O) groups is 2. The second-order valence-corrected chi connectivity index (χ2v) is 8.77. The zero-order valence-corrected chi connectivity index (χ0v) is 20.8. The maximum Gasteiger partial charge on any atom is 0.251 e. The first-order valence-electron chi connectivity index (χ1n) is 12.0. The molecule has 37 heavy (non-hydrogen) atoms. The molecule has 10 nitrogen and oxygen atoms in total. The third-order valence-corrected chi connectivity index (χ3v) is 6.31. The number of aryl methyl sites for hydroxylation is 1. The van der Waals surface area contributed by atoms with Gasteiger partial charge in [0.15, 0.2) is 0 Å². The molecule has 1 aliphatic rings. The van der Waals surface area contributed by atoms with Gasteiger partial charge in [-0.3, -0.25) is 9.59 Å². The number of ether oxygens (including phenoxy) is 2. The molecule has 1 saturated heterocycles. The van der Waals surface area contributed by atoms with Crippen LogP contribution in [0.15, 0.2) is 48.7 Å². The molecule has 1 fully saturated rings. The van der Waals surface area contributed by atoms with Crippen molar-refractivity contribution < 1.29 is 19.1 Å². The fourth-order valence-corrected chi connectivity index (χ4v) is 4.29. The van der Waals surface area contributed by atoms with E-state index < -0.39 is 0 Å². The van der Waals surface area contributed by atoms with Gasteiger partial charge in [-0.05, 0) is 48.4 Å². The number of rotatable bonds is 7. The number of hydrogen-bond donors (Lipinski definition) is 4. The Bertz CT molecular complexity index is 1460. The van der Waals surface area contributed by atoms with Gasteiger partial charge in [0.05, 0.1) is 18.6 Å². The van der Waals surface area contributed by atoms with Crippen molar-refractivity contribution >= 4 is 34.5 Å². The summed E-state index contributed by atoms with van der Waals surface area (Å²) in [6, 6.07) is 12.7. The van der Waals surface area contributed by atoms with Gasteiger partial charge in [-0.25, -0.2) is 0 Å². The number of benzene rings is 2. The van der Waals surface area contributed by atoms with Crippen molar-refractivity contribution in [2.24, 2.45) is 0 Å². The first-order valence-corrected chi connectivity index (χ1v) is 12.0. The van der Waals surface area contributed by atoms with Crippen LogP contribution < -0.4 is 20.7 Å². The van der Waals surface area contributed by atoms with E-state index in [2.05, 4.69) is 20.9 Å². The van der Waals surface area contributed by atoms with Gasteiger partial charge in [-0.15, -0.1) is 0 Å². The number of aromatic amines is 1. The molecule has 5 rings (SSSR count). The van der Waals surface area contributed by atoms with Crippen molar-refractivity contribution in [3.63, 3.8) is 0 Å². The highest BCUT2D eigenvalue weighted by atomic mass is 16.5. The van der Waals surface area contributed by atoms with E-state index in [9.17, 15) is 9.59 Å². The molecule has 1 atom stereocenters. The molecule has 0 spiro atoms. The molecule has 0 aliphatic carbocycles. The molecule has 2 amide bonds. The van der Waals surface area contributed by atoms with E-state index in [1.165, 1.54) is 0 Å². The number of fused-ring (bicyclic) bond motifs is 1. The van der Waals surface area contributed by atoms with Crippen LogP contribution in [-0.4, -0.2) is 60.2 Å². The van der Waals surface area contributed by atoms with Crippen LogP contribution in [0.4, 0.5) is 11.6 Å². The second-order valence-electron chi connectivity index (χ2n) is 8.77. The summed E-state index contributed by atoms with van der Waals surface area (Å²) in [5.41, 5.74) is 5.17. The number of H-pyrrole nitrogens is 1. The Morgan fingerprint density at radius 1 is 1.03 bits per heavy atom. The van der Waals surface area contributed by atoms with Crippen molar-refractivity contribution in [2.45, 2.75) is 19.4 Å². The van der Waals surface area contributed by atoms with E-state index >= 15 is 0 Å². The minimum Gasteiger partial charge on any atom is -0.471 e. The van der Waals surface area contributed by atoms with Crippen LogP contribution in [-0.2, 0) is 4.74 Å². The summed E-state index contributed by atoms with van der Waals surface area (Å²) in [5, 5.41) is 9.27. The predicted molar refractivity (Wildman–Crippen MR) is 140 cm³/mol. The molecule has 10 heteroatoms. The molecule has 2 aromatic heterocycles. The SMILES string of the molecule is CNC(=O)c1ccc(-c2c[nH]c3nc(Nc4ccc(C(=O)NC)cc4C)nc(O[C@H]4CCOC4)c23)cc1. The Kier molecular flexibility index (Phi) is 6.74. The molecule has 3 heterocycles. The number of carbonyl (C=O) groups excluding carboxylic acids is 2. The first-order chi connectivity index (χ1) is 18.0. The van der Waals surface area contributed by atoms with Crippen molar-refractivity contribution in [2.75, 3.05) is 32.6 Å². The zero-order chi connectivity index (χ0) is 25.9. The molecule has 0 unspecified atom stereocenters. The summed E-state index contributed by atoms with van der Waals surface area (Å²) in [6.07, 6.45) is 2.52. The minimum absolute atomic E-state index is 0.113. The fourth-order valence-electron chi connectivity index (χ4n) is 4.29. The van der Waals surface area contributed by atoms with Crippen LogP contribution in [0.3, 0.4) is 0 Å². The lowest BCUT2D eigenvalue weighted by molar-refractivity contribution is 0.0955. The van der Waals surface area contributed by atoms with Gasteiger partial charge in [0.25, 0.3) is 11.8 Å². The average molecular weight is 501 g/mol. The summed E-state index contributed by atoms with van der Waals surface area (Å²) in [4.78, 5) is 36.6. The van der Waals surface area contributed by atoms with Gasteiger partial charge in [0.1, 0.15) is 11.8 Å². The molecular weight excluding hydrogens is 472 g/mol. The second kappa shape index (κ2) is 10.3. The Labute approximate surface area is 213 Å². The largest absolute Gasteiger partial charge is 0.471 e. The van der Waals surface area contributed by atoms with Crippen molar-refractivity contribution in [3.05, 3.63) is 65.4 Å². The van der Waals surface area contributed by atoms with Crippen molar-refractivity contribution in [1.82, 2.24) is 25.6 Å². The Balaban J connectivity index is 1.53. The Morgan fingerprint density at radius 3 is 2.43 bits per heavy atom. The van der Waals surface area contributed by atoms with E-state index in [-0.39, 0.29) is 17.9 Å². The van der Waals surface area contributed by atoms with Crippen LogP contribution in [0.1, 0.15) is 32.7 Å². The van der Waals surface area contributed by atoms with E-state index in [1.54, 1.807) is 32.3 Å². The Morgan fingerprint density at radius 2 is 1.76 bits per heavy atom. The minimum atomic E-state index is -0.149.